The normalized spacial score (nSPS) is 11.2. The summed E-state index contributed by atoms with van der Waals surface area (Å²) in [6.07, 6.45) is 0. The number of hydrogen-bond acceptors (Lipinski definition) is 2. The first-order valence-corrected chi connectivity index (χ1v) is 5.86. The Bertz CT molecular complexity index is 611. The summed E-state index contributed by atoms with van der Waals surface area (Å²) in [5.41, 5.74) is 2.28. The van der Waals surface area contributed by atoms with E-state index in [0.29, 0.717) is 11.6 Å². The second-order valence-electron chi connectivity index (χ2n) is 4.70. The number of benzene rings is 1. The summed E-state index contributed by atoms with van der Waals surface area (Å²) in [4.78, 5) is 11.2. The molecule has 2 rings (SSSR count). The summed E-state index contributed by atoms with van der Waals surface area (Å²) < 4.78 is 6.96. The fourth-order valence-electron chi connectivity index (χ4n) is 2.23. The Morgan fingerprint density at radius 2 is 2.00 bits per heavy atom. The number of rotatable bonds is 3. The van der Waals surface area contributed by atoms with Crippen molar-refractivity contribution < 1.29 is 14.6 Å². The molecule has 4 heteroatoms. The summed E-state index contributed by atoms with van der Waals surface area (Å²) >= 11 is 0. The van der Waals surface area contributed by atoms with E-state index in [4.69, 9.17) is 4.74 Å². The molecule has 0 amide bonds. The zero-order valence-electron chi connectivity index (χ0n) is 11.0. The maximum absolute atomic E-state index is 11.2. The molecule has 0 spiro atoms. The highest BCUT2D eigenvalue weighted by Gasteiger charge is 2.16. The first kappa shape index (κ1) is 12.5. The molecule has 1 aromatic heterocycles. The first-order valence-electron chi connectivity index (χ1n) is 5.86. The van der Waals surface area contributed by atoms with Crippen molar-refractivity contribution in [3.63, 3.8) is 0 Å². The van der Waals surface area contributed by atoms with Gasteiger partial charge in [0.05, 0.1) is 12.6 Å². The van der Waals surface area contributed by atoms with Gasteiger partial charge in [0.1, 0.15) is 11.4 Å². The summed E-state index contributed by atoms with van der Waals surface area (Å²) in [5, 5.41) is 10.1. The number of fused-ring (bicyclic) bond motifs is 1. The van der Waals surface area contributed by atoms with E-state index >= 15 is 0 Å². The number of aromatic carboxylic acids is 1. The third kappa shape index (κ3) is 1.83. The van der Waals surface area contributed by atoms with Crippen LogP contribution in [0.4, 0.5) is 0 Å². The summed E-state index contributed by atoms with van der Waals surface area (Å²) in [6, 6.07) is 5.57. The predicted molar refractivity (Wildman–Crippen MR) is 70.5 cm³/mol. The summed E-state index contributed by atoms with van der Waals surface area (Å²) in [5.74, 6) is 0.151. The standard InChI is InChI=1S/C14H17NO3/c1-8(2)10-5-9(18-4)6-12-11(10)7-13(14(16)17)15(12)3/h5-8H,1-4H3,(H,16,17). The van der Waals surface area contributed by atoms with Gasteiger partial charge in [-0.15, -0.1) is 0 Å². The Labute approximate surface area is 106 Å². The second kappa shape index (κ2) is 4.37. The largest absolute Gasteiger partial charge is 0.497 e. The second-order valence-corrected chi connectivity index (χ2v) is 4.70. The van der Waals surface area contributed by atoms with Gasteiger partial charge in [0.15, 0.2) is 0 Å². The molecule has 0 aliphatic heterocycles. The number of hydrogen-bond donors (Lipinski definition) is 1. The molecule has 0 saturated carbocycles. The minimum Gasteiger partial charge on any atom is -0.497 e. The van der Waals surface area contributed by atoms with Crippen LogP contribution in [-0.4, -0.2) is 22.8 Å². The molecule has 0 fully saturated rings. The van der Waals surface area contributed by atoms with Gasteiger partial charge in [-0.05, 0) is 23.6 Å². The van der Waals surface area contributed by atoms with Crippen molar-refractivity contribution in [1.82, 2.24) is 4.57 Å². The fraction of sp³-hybridized carbons (Fsp3) is 0.357. The van der Waals surface area contributed by atoms with Crippen molar-refractivity contribution in [1.29, 1.82) is 0 Å². The molecule has 0 aliphatic carbocycles. The molecule has 18 heavy (non-hydrogen) atoms. The van der Waals surface area contributed by atoms with Gasteiger partial charge in [0.2, 0.25) is 0 Å². The van der Waals surface area contributed by atoms with Crippen molar-refractivity contribution in [2.45, 2.75) is 19.8 Å². The lowest BCUT2D eigenvalue weighted by Crippen LogP contribution is -2.03. The molecular formula is C14H17NO3. The molecule has 0 bridgehead atoms. The van der Waals surface area contributed by atoms with Crippen LogP contribution in [0.1, 0.15) is 35.8 Å². The lowest BCUT2D eigenvalue weighted by atomic mass is 9.99. The third-order valence-corrected chi connectivity index (χ3v) is 3.24. The van der Waals surface area contributed by atoms with E-state index < -0.39 is 5.97 Å². The zero-order valence-corrected chi connectivity index (χ0v) is 11.0. The molecule has 2 aromatic rings. The average molecular weight is 247 g/mol. The van der Waals surface area contributed by atoms with Crippen molar-refractivity contribution in [3.8, 4) is 5.75 Å². The SMILES string of the molecule is COc1cc(C(C)C)c2cc(C(=O)O)n(C)c2c1. The van der Waals surface area contributed by atoms with Gasteiger partial charge < -0.3 is 14.4 Å². The van der Waals surface area contributed by atoms with Crippen molar-refractivity contribution in [2.75, 3.05) is 7.11 Å². The van der Waals surface area contributed by atoms with E-state index in [-0.39, 0.29) is 0 Å². The van der Waals surface area contributed by atoms with Crippen LogP contribution in [0.3, 0.4) is 0 Å². The van der Waals surface area contributed by atoms with E-state index in [1.54, 1.807) is 24.8 Å². The van der Waals surface area contributed by atoms with Gasteiger partial charge in [0, 0.05) is 18.5 Å². The monoisotopic (exact) mass is 247 g/mol. The number of carbonyl (C=O) groups is 1. The van der Waals surface area contributed by atoms with Crippen molar-refractivity contribution >= 4 is 16.9 Å². The Kier molecular flexibility index (Phi) is 3.03. The van der Waals surface area contributed by atoms with Crippen LogP contribution >= 0.6 is 0 Å². The molecule has 1 aromatic carbocycles. The highest BCUT2D eigenvalue weighted by Crippen LogP contribution is 2.32. The molecular weight excluding hydrogens is 230 g/mol. The molecule has 0 radical (unpaired) electrons. The number of carboxylic acids is 1. The van der Waals surface area contributed by atoms with Gasteiger partial charge in [-0.3, -0.25) is 0 Å². The number of aromatic nitrogens is 1. The lowest BCUT2D eigenvalue weighted by Gasteiger charge is -2.10. The van der Waals surface area contributed by atoms with E-state index in [2.05, 4.69) is 13.8 Å². The topological polar surface area (TPSA) is 51.5 Å². The zero-order chi connectivity index (χ0) is 13.4. The van der Waals surface area contributed by atoms with Crippen LogP contribution in [0.5, 0.6) is 5.75 Å². The Hall–Kier alpha value is -1.97. The third-order valence-electron chi connectivity index (χ3n) is 3.24. The van der Waals surface area contributed by atoms with Gasteiger partial charge in [-0.25, -0.2) is 4.79 Å². The predicted octanol–water partition coefficient (Wildman–Crippen LogP) is 3.01. The first-order chi connectivity index (χ1) is 8.45. The lowest BCUT2D eigenvalue weighted by molar-refractivity contribution is 0.0687. The van der Waals surface area contributed by atoms with E-state index in [0.717, 1.165) is 22.2 Å². The molecule has 0 unspecified atom stereocenters. The Morgan fingerprint density at radius 3 is 2.50 bits per heavy atom. The molecule has 1 N–H and O–H groups in total. The van der Waals surface area contributed by atoms with Gasteiger partial charge >= 0.3 is 5.97 Å². The van der Waals surface area contributed by atoms with Crippen LogP contribution in [0, 0.1) is 0 Å². The highest BCUT2D eigenvalue weighted by atomic mass is 16.5. The van der Waals surface area contributed by atoms with Gasteiger partial charge in [-0.2, -0.15) is 0 Å². The smallest absolute Gasteiger partial charge is 0.352 e. The minimum atomic E-state index is -0.914. The van der Waals surface area contributed by atoms with Crippen molar-refractivity contribution in [2.24, 2.45) is 7.05 Å². The quantitative estimate of drug-likeness (QED) is 0.907. The summed E-state index contributed by atoms with van der Waals surface area (Å²) in [7, 11) is 3.38. The Morgan fingerprint density at radius 1 is 1.33 bits per heavy atom. The molecule has 0 aliphatic rings. The minimum absolute atomic E-state index is 0.292. The van der Waals surface area contributed by atoms with Crippen LogP contribution in [0.25, 0.3) is 10.9 Å². The van der Waals surface area contributed by atoms with Gasteiger partial charge in [0.25, 0.3) is 0 Å². The van der Waals surface area contributed by atoms with Crippen LogP contribution in [-0.2, 0) is 7.05 Å². The molecule has 0 saturated heterocycles. The fourth-order valence-corrected chi connectivity index (χ4v) is 2.23. The number of aryl methyl sites for hydroxylation is 1. The molecule has 0 atom stereocenters. The molecule has 1 heterocycles. The molecule has 4 nitrogen and oxygen atoms in total. The van der Waals surface area contributed by atoms with E-state index in [1.807, 2.05) is 12.1 Å². The number of ether oxygens (including phenoxy) is 1. The maximum atomic E-state index is 11.2. The average Bonchev–Trinajstić information content (AvgIpc) is 2.65. The van der Waals surface area contributed by atoms with Crippen LogP contribution in [0.2, 0.25) is 0 Å². The summed E-state index contributed by atoms with van der Waals surface area (Å²) in [6.45, 7) is 4.17. The number of carboxylic acid groups (broad SMARTS) is 1. The van der Waals surface area contributed by atoms with Gasteiger partial charge in [-0.1, -0.05) is 13.8 Å². The maximum Gasteiger partial charge on any atom is 0.352 e. The van der Waals surface area contributed by atoms with Crippen LogP contribution in [0.15, 0.2) is 18.2 Å². The van der Waals surface area contributed by atoms with Crippen molar-refractivity contribution in [3.05, 3.63) is 29.5 Å². The van der Waals surface area contributed by atoms with Crippen LogP contribution < -0.4 is 4.74 Å². The Balaban J connectivity index is 2.83. The van der Waals surface area contributed by atoms with E-state index in [1.165, 1.54) is 0 Å². The highest BCUT2D eigenvalue weighted by molar-refractivity contribution is 5.96. The van der Waals surface area contributed by atoms with E-state index in [9.17, 15) is 9.90 Å². The number of methoxy groups -OCH3 is 1. The molecule has 96 valence electrons. The number of nitrogens with zero attached hydrogens (tertiary/aromatic N) is 1.